The van der Waals surface area contributed by atoms with E-state index in [2.05, 4.69) is 36.2 Å². The third-order valence-corrected chi connectivity index (χ3v) is 3.76. The third-order valence-electron chi connectivity index (χ3n) is 3.76. The van der Waals surface area contributed by atoms with Crippen LogP contribution in [-0.4, -0.2) is 31.6 Å². The van der Waals surface area contributed by atoms with Crippen molar-refractivity contribution in [3.63, 3.8) is 0 Å². The van der Waals surface area contributed by atoms with Crippen molar-refractivity contribution >= 4 is 11.0 Å². The smallest absolute Gasteiger partial charge is 0.134 e. The first-order valence-corrected chi connectivity index (χ1v) is 7.16. The second-order valence-corrected chi connectivity index (χ2v) is 4.84. The van der Waals surface area contributed by atoms with Crippen LogP contribution >= 0.6 is 0 Å². The van der Waals surface area contributed by atoms with Crippen LogP contribution in [0.25, 0.3) is 11.0 Å². The lowest BCUT2D eigenvalue weighted by Gasteiger charge is -2.21. The highest BCUT2D eigenvalue weighted by molar-refractivity contribution is 5.77. The molecular formula is C16H24N2O. The molecular weight excluding hydrogens is 236 g/mol. The summed E-state index contributed by atoms with van der Waals surface area (Å²) in [6.07, 6.45) is 1.07. The quantitative estimate of drug-likeness (QED) is 0.827. The fourth-order valence-electron chi connectivity index (χ4n) is 2.45. The number of para-hydroxylation sites is 1. The van der Waals surface area contributed by atoms with Crippen molar-refractivity contribution in [3.8, 4) is 0 Å². The molecule has 2 aromatic rings. The van der Waals surface area contributed by atoms with Crippen LogP contribution in [0.3, 0.4) is 0 Å². The molecule has 0 aliphatic carbocycles. The highest BCUT2D eigenvalue weighted by Crippen LogP contribution is 2.25. The Hall–Kier alpha value is -1.32. The average Bonchev–Trinajstić information content (AvgIpc) is 2.87. The largest absolute Gasteiger partial charge is 0.459 e. The Morgan fingerprint density at radius 1 is 1.21 bits per heavy atom. The van der Waals surface area contributed by atoms with E-state index in [9.17, 15) is 0 Å². The molecule has 0 aliphatic heterocycles. The first kappa shape index (κ1) is 14.1. The molecule has 0 spiro atoms. The SMILES string of the molecule is CCN(CC)CCC(NC)c1cc2ccccc2o1. The lowest BCUT2D eigenvalue weighted by atomic mass is 10.1. The summed E-state index contributed by atoms with van der Waals surface area (Å²) >= 11 is 0. The van der Waals surface area contributed by atoms with Gasteiger partial charge in [-0.1, -0.05) is 32.0 Å². The summed E-state index contributed by atoms with van der Waals surface area (Å²) in [5, 5.41) is 4.54. The van der Waals surface area contributed by atoms with Crippen LogP contribution in [0.2, 0.25) is 0 Å². The van der Waals surface area contributed by atoms with Crippen LogP contribution < -0.4 is 5.32 Å². The molecule has 0 amide bonds. The van der Waals surface area contributed by atoms with Gasteiger partial charge >= 0.3 is 0 Å². The van der Waals surface area contributed by atoms with Gasteiger partial charge in [0, 0.05) is 11.9 Å². The van der Waals surface area contributed by atoms with E-state index in [1.165, 1.54) is 5.39 Å². The molecule has 1 heterocycles. The van der Waals surface area contributed by atoms with Gasteiger partial charge in [0.25, 0.3) is 0 Å². The lowest BCUT2D eigenvalue weighted by molar-refractivity contribution is 0.277. The molecule has 2 rings (SSSR count). The highest BCUT2D eigenvalue weighted by atomic mass is 16.3. The van der Waals surface area contributed by atoms with Gasteiger partial charge in [-0.15, -0.1) is 0 Å². The summed E-state index contributed by atoms with van der Waals surface area (Å²) in [5.41, 5.74) is 0.973. The predicted molar refractivity (Wildman–Crippen MR) is 80.4 cm³/mol. The maximum absolute atomic E-state index is 5.94. The number of furan rings is 1. The molecule has 0 saturated carbocycles. The summed E-state index contributed by atoms with van der Waals surface area (Å²) in [7, 11) is 2.00. The van der Waals surface area contributed by atoms with Crippen LogP contribution in [0.15, 0.2) is 34.7 Å². The van der Waals surface area contributed by atoms with E-state index in [1.54, 1.807) is 0 Å². The van der Waals surface area contributed by atoms with Crippen molar-refractivity contribution in [1.29, 1.82) is 0 Å². The van der Waals surface area contributed by atoms with Crippen molar-refractivity contribution in [2.24, 2.45) is 0 Å². The van der Waals surface area contributed by atoms with E-state index in [1.807, 2.05) is 25.2 Å². The molecule has 0 fully saturated rings. The Bertz CT molecular complexity index is 469. The van der Waals surface area contributed by atoms with Gasteiger partial charge in [0.05, 0.1) is 6.04 Å². The fourth-order valence-corrected chi connectivity index (χ4v) is 2.45. The predicted octanol–water partition coefficient (Wildman–Crippen LogP) is 3.43. The minimum Gasteiger partial charge on any atom is -0.459 e. The number of fused-ring (bicyclic) bond motifs is 1. The van der Waals surface area contributed by atoms with Gasteiger partial charge in [-0.2, -0.15) is 0 Å². The molecule has 3 heteroatoms. The third kappa shape index (κ3) is 3.37. The van der Waals surface area contributed by atoms with Crippen LogP contribution in [0.5, 0.6) is 0 Å². The molecule has 104 valence electrons. The Morgan fingerprint density at radius 2 is 1.95 bits per heavy atom. The molecule has 1 aromatic carbocycles. The van der Waals surface area contributed by atoms with Crippen LogP contribution in [0, 0.1) is 0 Å². The number of hydrogen-bond acceptors (Lipinski definition) is 3. The van der Waals surface area contributed by atoms with Gasteiger partial charge in [0.15, 0.2) is 0 Å². The lowest BCUT2D eigenvalue weighted by Crippen LogP contribution is -2.28. The van der Waals surface area contributed by atoms with Crippen molar-refractivity contribution in [2.45, 2.75) is 26.3 Å². The number of nitrogens with zero attached hydrogens (tertiary/aromatic N) is 1. The van der Waals surface area contributed by atoms with Gasteiger partial charge in [-0.25, -0.2) is 0 Å². The summed E-state index contributed by atoms with van der Waals surface area (Å²) < 4.78 is 5.94. The van der Waals surface area contributed by atoms with Gasteiger partial charge < -0.3 is 14.6 Å². The first-order chi connectivity index (χ1) is 9.28. The van der Waals surface area contributed by atoms with Crippen molar-refractivity contribution < 1.29 is 4.42 Å². The molecule has 0 radical (unpaired) electrons. The zero-order valence-corrected chi connectivity index (χ0v) is 12.1. The molecule has 0 aliphatic rings. The van der Waals surface area contributed by atoms with Gasteiger partial charge in [0.2, 0.25) is 0 Å². The second kappa shape index (κ2) is 6.73. The topological polar surface area (TPSA) is 28.4 Å². The highest BCUT2D eigenvalue weighted by Gasteiger charge is 2.15. The molecule has 1 N–H and O–H groups in total. The Morgan fingerprint density at radius 3 is 2.58 bits per heavy atom. The first-order valence-electron chi connectivity index (χ1n) is 7.16. The van der Waals surface area contributed by atoms with Crippen molar-refractivity contribution in [2.75, 3.05) is 26.7 Å². The molecule has 19 heavy (non-hydrogen) atoms. The molecule has 0 saturated heterocycles. The molecule has 3 nitrogen and oxygen atoms in total. The van der Waals surface area contributed by atoms with E-state index in [0.717, 1.165) is 37.4 Å². The van der Waals surface area contributed by atoms with Crippen LogP contribution in [-0.2, 0) is 0 Å². The van der Waals surface area contributed by atoms with E-state index in [4.69, 9.17) is 4.42 Å². The van der Waals surface area contributed by atoms with Crippen molar-refractivity contribution in [3.05, 3.63) is 36.1 Å². The molecule has 1 unspecified atom stereocenters. The Kier molecular flexibility index (Phi) is 5.00. The molecule has 1 aromatic heterocycles. The van der Waals surface area contributed by atoms with Gasteiger partial charge in [-0.3, -0.25) is 0 Å². The Labute approximate surface area is 115 Å². The van der Waals surface area contributed by atoms with Crippen LogP contribution in [0.4, 0.5) is 0 Å². The molecule has 0 bridgehead atoms. The number of rotatable bonds is 7. The monoisotopic (exact) mass is 260 g/mol. The van der Waals surface area contributed by atoms with E-state index < -0.39 is 0 Å². The number of hydrogen-bond donors (Lipinski definition) is 1. The average molecular weight is 260 g/mol. The summed E-state index contributed by atoms with van der Waals surface area (Å²) in [6, 6.07) is 10.6. The maximum Gasteiger partial charge on any atom is 0.134 e. The van der Waals surface area contributed by atoms with E-state index in [0.29, 0.717) is 0 Å². The zero-order valence-electron chi connectivity index (χ0n) is 12.1. The standard InChI is InChI=1S/C16H24N2O/c1-4-18(5-2)11-10-14(17-3)16-12-13-8-6-7-9-15(13)19-16/h6-9,12,14,17H,4-5,10-11H2,1-3H3. The number of benzene rings is 1. The van der Waals surface area contributed by atoms with E-state index in [-0.39, 0.29) is 6.04 Å². The Balaban J connectivity index is 2.08. The van der Waals surface area contributed by atoms with Gasteiger partial charge in [0.1, 0.15) is 11.3 Å². The fraction of sp³-hybridized carbons (Fsp3) is 0.500. The summed E-state index contributed by atoms with van der Waals surface area (Å²) in [4.78, 5) is 2.44. The minimum atomic E-state index is 0.285. The maximum atomic E-state index is 5.94. The summed E-state index contributed by atoms with van der Waals surface area (Å²) in [5.74, 6) is 1.04. The zero-order chi connectivity index (χ0) is 13.7. The molecule has 1 atom stereocenters. The number of nitrogens with one attached hydrogen (secondary N) is 1. The normalized spacial score (nSPS) is 13.3. The van der Waals surface area contributed by atoms with Gasteiger partial charge in [-0.05, 0) is 38.7 Å². The second-order valence-electron chi connectivity index (χ2n) is 4.84. The van der Waals surface area contributed by atoms with E-state index >= 15 is 0 Å². The minimum absolute atomic E-state index is 0.285. The van der Waals surface area contributed by atoms with Crippen molar-refractivity contribution in [1.82, 2.24) is 10.2 Å². The summed E-state index contributed by atoms with van der Waals surface area (Å²) in [6.45, 7) is 7.72. The van der Waals surface area contributed by atoms with Crippen LogP contribution in [0.1, 0.15) is 32.1 Å².